The molecule has 1 fully saturated rings. The van der Waals surface area contributed by atoms with Crippen LogP contribution in [0.25, 0.3) is 0 Å². The normalized spacial score (nSPS) is 20.8. The number of H-pyrrole nitrogens is 1. The smallest absolute Gasteiger partial charge is 0.247 e. The van der Waals surface area contributed by atoms with Crippen LogP contribution in [0.3, 0.4) is 0 Å². The predicted molar refractivity (Wildman–Crippen MR) is 77.0 cm³/mol. The molecule has 0 bridgehead atoms. The molecule has 1 N–H and O–H groups in total. The number of nitrogens with zero attached hydrogens (tertiary/aromatic N) is 4. The molecule has 21 heavy (non-hydrogen) atoms. The highest BCUT2D eigenvalue weighted by Crippen LogP contribution is 2.34. The third kappa shape index (κ3) is 2.49. The Labute approximate surface area is 124 Å². The Balaban J connectivity index is 2.01. The Morgan fingerprint density at radius 3 is 2.81 bits per heavy atom. The summed E-state index contributed by atoms with van der Waals surface area (Å²) in [7, 11) is -1.81. The average Bonchev–Trinajstić information content (AvgIpc) is 3.08. The summed E-state index contributed by atoms with van der Waals surface area (Å²) in [6.07, 6.45) is 5.93. The second kappa shape index (κ2) is 5.27. The van der Waals surface area contributed by atoms with E-state index in [1.165, 1.54) is 4.68 Å². The molecule has 1 saturated heterocycles. The number of hydrogen-bond donors (Lipinski definition) is 1. The molecule has 0 spiro atoms. The van der Waals surface area contributed by atoms with E-state index in [0.29, 0.717) is 12.2 Å². The molecule has 3 heterocycles. The maximum Gasteiger partial charge on any atom is 0.247 e. The van der Waals surface area contributed by atoms with Gasteiger partial charge in [-0.05, 0) is 25.8 Å². The summed E-state index contributed by atoms with van der Waals surface area (Å²) in [6.45, 7) is 2.25. The van der Waals surface area contributed by atoms with E-state index >= 15 is 0 Å². The highest BCUT2D eigenvalue weighted by molar-refractivity contribution is 7.89. The van der Waals surface area contributed by atoms with Crippen LogP contribution >= 0.6 is 0 Å². The first kappa shape index (κ1) is 14.3. The molecule has 3 rings (SSSR count). The van der Waals surface area contributed by atoms with Crippen molar-refractivity contribution in [1.82, 2.24) is 24.3 Å². The van der Waals surface area contributed by atoms with Crippen molar-refractivity contribution in [2.24, 2.45) is 7.05 Å². The molecule has 0 amide bonds. The largest absolute Gasteiger partial charge is 0.281 e. The number of sulfonamides is 1. The zero-order valence-corrected chi connectivity index (χ0v) is 13.0. The number of hydrogen-bond acceptors (Lipinski definition) is 4. The van der Waals surface area contributed by atoms with E-state index in [1.54, 1.807) is 30.7 Å². The summed E-state index contributed by atoms with van der Waals surface area (Å²) in [6, 6.07) is 1.67. The van der Waals surface area contributed by atoms with Gasteiger partial charge in [-0.3, -0.25) is 9.78 Å². The number of nitrogens with one attached hydrogen (secondary N) is 1. The lowest BCUT2D eigenvalue weighted by molar-refractivity contribution is 0.251. The summed E-state index contributed by atoms with van der Waals surface area (Å²) < 4.78 is 29.0. The predicted octanol–water partition coefficient (Wildman–Crippen LogP) is 1.37. The molecule has 114 valence electrons. The van der Waals surface area contributed by atoms with Crippen molar-refractivity contribution in [3.8, 4) is 0 Å². The maximum atomic E-state index is 13.0. The van der Waals surface area contributed by atoms with Crippen molar-refractivity contribution in [1.29, 1.82) is 0 Å². The zero-order valence-electron chi connectivity index (χ0n) is 12.2. The summed E-state index contributed by atoms with van der Waals surface area (Å²) >= 11 is 0. The molecular formula is C13H19N5O2S. The van der Waals surface area contributed by atoms with Crippen LogP contribution < -0.4 is 0 Å². The van der Waals surface area contributed by atoms with Crippen LogP contribution in [0.5, 0.6) is 0 Å². The minimum Gasteiger partial charge on any atom is -0.281 e. The Hall–Kier alpha value is -1.67. The fourth-order valence-electron chi connectivity index (χ4n) is 2.91. The van der Waals surface area contributed by atoms with Crippen LogP contribution in [0.2, 0.25) is 0 Å². The zero-order chi connectivity index (χ0) is 15.0. The average molecular weight is 309 g/mol. The van der Waals surface area contributed by atoms with Gasteiger partial charge in [0.25, 0.3) is 0 Å². The first-order valence-electron chi connectivity index (χ1n) is 7.01. The molecule has 8 heteroatoms. The van der Waals surface area contributed by atoms with Crippen molar-refractivity contribution < 1.29 is 8.42 Å². The van der Waals surface area contributed by atoms with Gasteiger partial charge in [-0.2, -0.15) is 14.5 Å². The van der Waals surface area contributed by atoms with Gasteiger partial charge in [0, 0.05) is 26.0 Å². The molecule has 0 aromatic carbocycles. The van der Waals surface area contributed by atoms with Crippen molar-refractivity contribution in [3.63, 3.8) is 0 Å². The maximum absolute atomic E-state index is 13.0. The van der Waals surface area contributed by atoms with Crippen molar-refractivity contribution >= 4 is 10.0 Å². The second-order valence-corrected chi connectivity index (χ2v) is 7.25. The lowest BCUT2D eigenvalue weighted by Crippen LogP contribution is -2.38. The third-order valence-electron chi connectivity index (χ3n) is 3.89. The van der Waals surface area contributed by atoms with Gasteiger partial charge in [-0.1, -0.05) is 6.42 Å². The fourth-order valence-corrected chi connectivity index (χ4v) is 4.79. The molecule has 7 nitrogen and oxygen atoms in total. The lowest BCUT2D eigenvalue weighted by atomic mass is 10.0. The van der Waals surface area contributed by atoms with E-state index < -0.39 is 10.0 Å². The summed E-state index contributed by atoms with van der Waals surface area (Å²) in [5, 5.41) is 11.0. The molecule has 2 aromatic rings. The van der Waals surface area contributed by atoms with Crippen LogP contribution in [0.4, 0.5) is 0 Å². The van der Waals surface area contributed by atoms with Gasteiger partial charge < -0.3 is 0 Å². The molecule has 0 unspecified atom stereocenters. The molecule has 2 aromatic heterocycles. The van der Waals surface area contributed by atoms with E-state index in [1.807, 2.05) is 6.07 Å². The highest BCUT2D eigenvalue weighted by Gasteiger charge is 2.36. The number of rotatable bonds is 3. The van der Waals surface area contributed by atoms with Crippen LogP contribution in [-0.2, 0) is 17.1 Å². The van der Waals surface area contributed by atoms with Crippen LogP contribution in [-0.4, -0.2) is 39.2 Å². The van der Waals surface area contributed by atoms with Crippen molar-refractivity contribution in [2.45, 2.75) is 37.1 Å². The Morgan fingerprint density at radius 1 is 1.38 bits per heavy atom. The van der Waals surface area contributed by atoms with E-state index in [0.717, 1.165) is 25.0 Å². The van der Waals surface area contributed by atoms with Crippen LogP contribution in [0.1, 0.15) is 36.7 Å². The van der Waals surface area contributed by atoms with Gasteiger partial charge in [-0.15, -0.1) is 0 Å². The van der Waals surface area contributed by atoms with Crippen LogP contribution in [0, 0.1) is 6.92 Å². The first-order valence-corrected chi connectivity index (χ1v) is 8.45. The van der Waals surface area contributed by atoms with Crippen molar-refractivity contribution in [3.05, 3.63) is 29.8 Å². The van der Waals surface area contributed by atoms with Gasteiger partial charge in [0.15, 0.2) is 0 Å². The third-order valence-corrected chi connectivity index (χ3v) is 5.90. The van der Waals surface area contributed by atoms with E-state index in [-0.39, 0.29) is 10.9 Å². The van der Waals surface area contributed by atoms with E-state index in [4.69, 9.17) is 0 Å². The topological polar surface area (TPSA) is 83.9 Å². The quantitative estimate of drug-likeness (QED) is 0.928. The summed E-state index contributed by atoms with van der Waals surface area (Å²) in [4.78, 5) is 0.288. The van der Waals surface area contributed by atoms with Gasteiger partial charge in [0.05, 0.1) is 17.4 Å². The Kier molecular flexibility index (Phi) is 3.58. The van der Waals surface area contributed by atoms with Crippen molar-refractivity contribution in [2.75, 3.05) is 6.54 Å². The minimum absolute atomic E-state index is 0.175. The molecule has 1 aliphatic rings. The second-order valence-electron chi connectivity index (χ2n) is 5.39. The fraction of sp³-hybridized carbons (Fsp3) is 0.538. The highest BCUT2D eigenvalue weighted by atomic mass is 32.2. The SMILES string of the molecule is Cc1nn(C)cc1S(=O)(=O)N1CCCC[C@@H]1c1ccn[nH]1. The van der Waals surface area contributed by atoms with Gasteiger partial charge in [-0.25, -0.2) is 8.42 Å². The molecular weight excluding hydrogens is 290 g/mol. The number of aryl methyl sites for hydroxylation is 2. The van der Waals surface area contributed by atoms with Crippen LogP contribution in [0.15, 0.2) is 23.4 Å². The van der Waals surface area contributed by atoms with Gasteiger partial charge in [0.2, 0.25) is 10.0 Å². The van der Waals surface area contributed by atoms with E-state index in [2.05, 4.69) is 15.3 Å². The number of aromatic nitrogens is 4. The van der Waals surface area contributed by atoms with Gasteiger partial charge in [0.1, 0.15) is 4.90 Å². The number of piperidine rings is 1. The molecule has 1 aliphatic heterocycles. The monoisotopic (exact) mass is 309 g/mol. The standard InChI is InChI=1S/C13H19N5O2S/c1-10-13(9-17(2)16-10)21(19,20)18-8-4-3-5-12(18)11-6-7-14-15-11/h6-7,9,12H,3-5,8H2,1-2H3,(H,14,15)/t12-/m1/s1. The minimum atomic E-state index is -3.54. The Morgan fingerprint density at radius 2 is 2.19 bits per heavy atom. The molecule has 0 radical (unpaired) electrons. The number of aromatic amines is 1. The summed E-state index contributed by atoms with van der Waals surface area (Å²) in [5.74, 6) is 0. The van der Waals surface area contributed by atoms with E-state index in [9.17, 15) is 8.42 Å². The summed E-state index contributed by atoms with van der Waals surface area (Å²) in [5.41, 5.74) is 1.38. The Bertz CT molecular complexity index is 720. The lowest BCUT2D eigenvalue weighted by Gasteiger charge is -2.33. The molecule has 0 saturated carbocycles. The first-order chi connectivity index (χ1) is 10.00. The van der Waals surface area contributed by atoms with Gasteiger partial charge >= 0.3 is 0 Å². The molecule has 1 atom stereocenters. The molecule has 0 aliphatic carbocycles.